The number of H-pyrrole nitrogens is 2. The fourth-order valence-corrected chi connectivity index (χ4v) is 3.40. The number of carbonyl (C=O) groups is 1. The van der Waals surface area contributed by atoms with E-state index in [-0.39, 0.29) is 11.4 Å². The monoisotopic (exact) mass is 416 g/mol. The zero-order chi connectivity index (χ0) is 22.2. The molecule has 11 heteroatoms. The molecule has 1 unspecified atom stereocenters. The molecule has 2 aromatic heterocycles. The molecule has 0 aliphatic carbocycles. The quantitative estimate of drug-likeness (QED) is 0.306. The highest BCUT2D eigenvalue weighted by Crippen LogP contribution is 2.32. The minimum Gasteiger partial charge on any atom is -0.860 e. The highest BCUT2D eigenvalue weighted by Gasteiger charge is 2.37. The van der Waals surface area contributed by atoms with Crippen molar-refractivity contribution in [3.63, 3.8) is 0 Å². The Morgan fingerprint density at radius 1 is 1.23 bits per heavy atom. The lowest BCUT2D eigenvalue weighted by Gasteiger charge is -2.20. The molecule has 1 atom stereocenters. The standard InChI is InChI=1S/C19H20N4O7/c1-9-10(2)23(29)18(22(9)8-13(24)25)14(11-4-6-12(30-3)7-5-11)15-16(26)20-19(28)21-17(15)27/h4-7,14H,8H2,1-3H3,(H4-,20,21,24,25,26,27,28,29). The second kappa shape index (κ2) is 7.78. The van der Waals surface area contributed by atoms with Crippen LogP contribution in [0.1, 0.15) is 34.3 Å². The molecule has 158 valence electrons. The van der Waals surface area contributed by atoms with E-state index in [0.717, 1.165) is 4.73 Å². The topological polar surface area (TPSA) is 164 Å². The van der Waals surface area contributed by atoms with Crippen LogP contribution >= 0.6 is 0 Å². The van der Waals surface area contributed by atoms with E-state index in [9.17, 15) is 29.8 Å². The van der Waals surface area contributed by atoms with Crippen molar-refractivity contribution >= 4 is 5.97 Å². The van der Waals surface area contributed by atoms with Crippen LogP contribution in [0.2, 0.25) is 0 Å². The lowest BCUT2D eigenvalue weighted by atomic mass is 9.91. The van der Waals surface area contributed by atoms with Gasteiger partial charge in [-0.25, -0.2) is 14.2 Å². The predicted molar refractivity (Wildman–Crippen MR) is 100.0 cm³/mol. The van der Waals surface area contributed by atoms with E-state index in [2.05, 4.69) is 0 Å². The Morgan fingerprint density at radius 3 is 2.40 bits per heavy atom. The van der Waals surface area contributed by atoms with E-state index in [1.54, 1.807) is 38.1 Å². The van der Waals surface area contributed by atoms with Crippen LogP contribution in [0, 0.1) is 13.8 Å². The van der Waals surface area contributed by atoms with E-state index in [1.165, 1.54) is 11.7 Å². The van der Waals surface area contributed by atoms with Crippen LogP contribution in [0.25, 0.3) is 0 Å². The molecule has 0 saturated carbocycles. The first kappa shape index (κ1) is 20.7. The average molecular weight is 416 g/mol. The number of aromatic nitrogens is 4. The Bertz CT molecular complexity index is 1220. The summed E-state index contributed by atoms with van der Waals surface area (Å²) in [7, 11) is 1.47. The summed E-state index contributed by atoms with van der Waals surface area (Å²) in [4.78, 5) is 39.6. The van der Waals surface area contributed by atoms with Crippen LogP contribution in [0.3, 0.4) is 0 Å². The zero-order valence-corrected chi connectivity index (χ0v) is 16.4. The van der Waals surface area contributed by atoms with Gasteiger partial charge in [-0.05, 0) is 28.3 Å². The van der Waals surface area contributed by atoms with Crippen molar-refractivity contribution in [1.29, 1.82) is 0 Å². The molecule has 1 aromatic carbocycles. The first-order valence-corrected chi connectivity index (χ1v) is 8.85. The van der Waals surface area contributed by atoms with Gasteiger partial charge < -0.3 is 25.1 Å². The molecule has 0 aliphatic heterocycles. The van der Waals surface area contributed by atoms with Crippen LogP contribution < -0.4 is 25.7 Å². The fraction of sp³-hybridized carbons (Fsp3) is 0.263. The number of imidazole rings is 1. The lowest BCUT2D eigenvalue weighted by molar-refractivity contribution is -0.700. The summed E-state index contributed by atoms with van der Waals surface area (Å²) in [5.74, 6) is -2.81. The van der Waals surface area contributed by atoms with Gasteiger partial charge in [0.15, 0.2) is 12.2 Å². The maximum Gasteiger partial charge on any atom is 0.346 e. The third-order valence-corrected chi connectivity index (χ3v) is 4.97. The molecule has 0 radical (unpaired) electrons. The van der Waals surface area contributed by atoms with Crippen LogP contribution in [0.15, 0.2) is 33.9 Å². The van der Waals surface area contributed by atoms with E-state index in [0.29, 0.717) is 22.7 Å². The largest absolute Gasteiger partial charge is 0.860 e. The summed E-state index contributed by atoms with van der Waals surface area (Å²) in [6.45, 7) is 2.66. The number of ether oxygens (including phenoxy) is 1. The number of carboxylic acid groups (broad SMARTS) is 1. The highest BCUT2D eigenvalue weighted by atomic mass is 16.5. The molecular formula is C19H20N4O7. The first-order chi connectivity index (χ1) is 14.1. The molecule has 11 nitrogen and oxygen atoms in total. The predicted octanol–water partition coefficient (Wildman–Crippen LogP) is -0.647. The van der Waals surface area contributed by atoms with Gasteiger partial charge in [0.05, 0.1) is 7.11 Å². The third kappa shape index (κ3) is 3.52. The number of hydrogen-bond acceptors (Lipinski definition) is 6. The minimum atomic E-state index is -1.18. The van der Waals surface area contributed by atoms with Gasteiger partial charge in [-0.3, -0.25) is 9.78 Å². The van der Waals surface area contributed by atoms with Crippen molar-refractivity contribution in [3.05, 3.63) is 73.4 Å². The van der Waals surface area contributed by atoms with Crippen molar-refractivity contribution in [2.75, 3.05) is 7.11 Å². The van der Waals surface area contributed by atoms with Gasteiger partial charge in [0.1, 0.15) is 17.4 Å². The molecular weight excluding hydrogens is 396 g/mol. The molecule has 0 amide bonds. The van der Waals surface area contributed by atoms with Crippen molar-refractivity contribution < 1.29 is 29.5 Å². The lowest BCUT2D eigenvalue weighted by Crippen LogP contribution is -2.45. The zero-order valence-electron chi connectivity index (χ0n) is 16.4. The summed E-state index contributed by atoms with van der Waals surface area (Å²) < 4.78 is 7.18. The van der Waals surface area contributed by atoms with Gasteiger partial charge in [0.2, 0.25) is 0 Å². The first-order valence-electron chi connectivity index (χ1n) is 8.85. The maximum atomic E-state index is 12.6. The van der Waals surface area contributed by atoms with Crippen molar-refractivity contribution in [1.82, 2.24) is 14.7 Å². The molecule has 0 fully saturated rings. The van der Waals surface area contributed by atoms with E-state index < -0.39 is 35.6 Å². The van der Waals surface area contributed by atoms with Gasteiger partial charge in [-0.2, -0.15) is 0 Å². The van der Waals surface area contributed by atoms with Crippen LogP contribution in [-0.4, -0.2) is 38.1 Å². The van der Waals surface area contributed by atoms with Crippen molar-refractivity contribution in [3.8, 4) is 11.6 Å². The van der Waals surface area contributed by atoms with E-state index in [4.69, 9.17) is 4.74 Å². The molecule has 2 heterocycles. The maximum absolute atomic E-state index is 12.6. The second-order valence-corrected chi connectivity index (χ2v) is 6.68. The van der Waals surface area contributed by atoms with Gasteiger partial charge >= 0.3 is 17.5 Å². The Morgan fingerprint density at radius 2 is 1.87 bits per heavy atom. The number of nitrogens with zero attached hydrogens (tertiary/aromatic N) is 2. The number of nitrogens with one attached hydrogen (secondary N) is 2. The van der Waals surface area contributed by atoms with E-state index in [1.807, 2.05) is 9.97 Å². The summed E-state index contributed by atoms with van der Waals surface area (Å²) in [5.41, 5.74) is -1.11. The normalized spacial score (nSPS) is 12.0. The van der Waals surface area contributed by atoms with Gasteiger partial charge in [-0.15, -0.1) is 0 Å². The highest BCUT2D eigenvalue weighted by molar-refractivity contribution is 5.65. The Hall–Kier alpha value is -4.02. The summed E-state index contributed by atoms with van der Waals surface area (Å²) >= 11 is 0. The number of benzene rings is 1. The Labute approximate surface area is 169 Å². The van der Waals surface area contributed by atoms with Crippen LogP contribution in [-0.2, 0) is 11.3 Å². The number of aromatic amines is 2. The minimum absolute atomic E-state index is 0.0211. The number of aliphatic carboxylic acids is 1. The smallest absolute Gasteiger partial charge is 0.346 e. The van der Waals surface area contributed by atoms with Gasteiger partial charge in [0.25, 0.3) is 5.56 Å². The molecule has 3 aromatic rings. The average Bonchev–Trinajstić information content (AvgIpc) is 2.88. The van der Waals surface area contributed by atoms with Crippen LogP contribution in [0.5, 0.6) is 11.6 Å². The van der Waals surface area contributed by atoms with Crippen molar-refractivity contribution in [2.24, 2.45) is 0 Å². The Balaban J connectivity index is 2.40. The van der Waals surface area contributed by atoms with E-state index >= 15 is 0 Å². The molecule has 0 saturated heterocycles. The summed E-state index contributed by atoms with van der Waals surface area (Å²) in [6.07, 6.45) is 0. The molecule has 4 N–H and O–H groups in total. The summed E-state index contributed by atoms with van der Waals surface area (Å²) in [6, 6.07) is 6.35. The summed E-state index contributed by atoms with van der Waals surface area (Å²) in [5, 5.41) is 32.7. The van der Waals surface area contributed by atoms with Crippen molar-refractivity contribution in [2.45, 2.75) is 26.3 Å². The SMILES string of the molecule is COc1ccc(C(c2c([O-])[nH]c(=O)[nH]c2=O)c2n(O)c(C)c(C)[n+]2CC(=O)O)cc1. The molecule has 0 spiro atoms. The molecule has 30 heavy (non-hydrogen) atoms. The number of rotatable bonds is 6. The number of carboxylic acids is 1. The molecule has 0 bridgehead atoms. The number of methoxy groups -OCH3 is 1. The fourth-order valence-electron chi connectivity index (χ4n) is 3.40. The Kier molecular flexibility index (Phi) is 5.37. The van der Waals surface area contributed by atoms with Crippen LogP contribution in [0.4, 0.5) is 0 Å². The molecule has 3 rings (SSSR count). The molecule has 0 aliphatic rings. The van der Waals surface area contributed by atoms with Gasteiger partial charge in [-0.1, -0.05) is 12.1 Å². The third-order valence-electron chi connectivity index (χ3n) is 4.97. The number of hydrogen-bond donors (Lipinski definition) is 4. The second-order valence-electron chi connectivity index (χ2n) is 6.68. The van der Waals surface area contributed by atoms with Gasteiger partial charge in [0, 0.05) is 19.4 Å².